The van der Waals surface area contributed by atoms with Gasteiger partial charge in [0.25, 0.3) is 0 Å². The molecule has 136 valence electrons. The summed E-state index contributed by atoms with van der Waals surface area (Å²) in [7, 11) is 0. The normalized spacial score (nSPS) is 26.2. The Morgan fingerprint density at radius 3 is 2.40 bits per heavy atom. The second kappa shape index (κ2) is 7.14. The number of carboxylic acids is 1. The Morgan fingerprint density at radius 2 is 1.80 bits per heavy atom. The lowest BCUT2D eigenvalue weighted by Crippen LogP contribution is -2.57. The molecule has 0 spiro atoms. The quantitative estimate of drug-likeness (QED) is 0.901. The second-order valence-corrected chi connectivity index (χ2v) is 7.04. The van der Waals surface area contributed by atoms with E-state index in [1.165, 1.54) is 0 Å². The number of hydrogen-bond acceptors (Lipinski definition) is 4. The lowest BCUT2D eigenvalue weighted by atomic mass is 9.72. The first-order valence-corrected chi connectivity index (χ1v) is 8.75. The summed E-state index contributed by atoms with van der Waals surface area (Å²) in [6, 6.07) is 8.05. The van der Waals surface area contributed by atoms with Crippen molar-refractivity contribution in [1.29, 1.82) is 0 Å². The van der Waals surface area contributed by atoms with Gasteiger partial charge in [0, 0.05) is 19.8 Å². The fraction of sp³-hybridized carbons (Fsp3) is 0.579. The van der Waals surface area contributed by atoms with E-state index in [9.17, 15) is 14.7 Å². The summed E-state index contributed by atoms with van der Waals surface area (Å²) < 4.78 is 11.0. The van der Waals surface area contributed by atoms with Crippen LogP contribution in [0, 0.1) is 6.92 Å². The van der Waals surface area contributed by atoms with E-state index in [-0.39, 0.29) is 18.6 Å². The molecule has 3 rings (SSSR count). The number of benzene rings is 1. The average Bonchev–Trinajstić information content (AvgIpc) is 2.61. The van der Waals surface area contributed by atoms with E-state index >= 15 is 0 Å². The Balaban J connectivity index is 1.91. The number of carbonyl (C=O) groups excluding carboxylic acids is 1. The SMILES string of the molecule is Cc1ccc(C2(C(=O)N3CC(C(=O)O)O[C@H](C)C3)CCOCC2)cc1. The number of carboxylic acid groups (broad SMARTS) is 1. The summed E-state index contributed by atoms with van der Waals surface area (Å²) in [6.45, 7) is 5.38. The van der Waals surface area contributed by atoms with E-state index < -0.39 is 17.5 Å². The number of morpholine rings is 1. The van der Waals surface area contributed by atoms with Gasteiger partial charge in [-0.25, -0.2) is 4.79 Å². The molecule has 2 saturated heterocycles. The van der Waals surface area contributed by atoms with Crippen LogP contribution in [-0.4, -0.2) is 60.4 Å². The summed E-state index contributed by atoms with van der Waals surface area (Å²) in [5.74, 6) is -1.04. The van der Waals surface area contributed by atoms with Crippen molar-refractivity contribution in [2.24, 2.45) is 0 Å². The van der Waals surface area contributed by atoms with Crippen molar-refractivity contribution in [2.75, 3.05) is 26.3 Å². The van der Waals surface area contributed by atoms with E-state index in [1.807, 2.05) is 31.2 Å². The minimum Gasteiger partial charge on any atom is -0.479 e. The van der Waals surface area contributed by atoms with Gasteiger partial charge in [0.05, 0.1) is 18.1 Å². The Hall–Kier alpha value is -1.92. The molecule has 1 unspecified atom stereocenters. The number of aliphatic carboxylic acids is 1. The first-order valence-electron chi connectivity index (χ1n) is 8.75. The van der Waals surface area contributed by atoms with Crippen molar-refractivity contribution in [2.45, 2.75) is 44.3 Å². The van der Waals surface area contributed by atoms with Gasteiger partial charge in [-0.1, -0.05) is 29.8 Å². The second-order valence-electron chi connectivity index (χ2n) is 7.04. The summed E-state index contributed by atoms with van der Waals surface area (Å²) in [5, 5.41) is 9.29. The summed E-state index contributed by atoms with van der Waals surface area (Å²) in [5.41, 5.74) is 1.48. The summed E-state index contributed by atoms with van der Waals surface area (Å²) in [4.78, 5) is 26.5. The highest BCUT2D eigenvalue weighted by atomic mass is 16.5. The molecule has 2 fully saturated rings. The van der Waals surface area contributed by atoms with Crippen LogP contribution in [0.4, 0.5) is 0 Å². The Morgan fingerprint density at radius 1 is 1.16 bits per heavy atom. The van der Waals surface area contributed by atoms with Crippen LogP contribution in [0.2, 0.25) is 0 Å². The summed E-state index contributed by atoms with van der Waals surface area (Å²) >= 11 is 0. The maximum Gasteiger partial charge on any atom is 0.334 e. The van der Waals surface area contributed by atoms with Crippen LogP contribution in [0.3, 0.4) is 0 Å². The Bertz CT molecular complexity index is 636. The maximum atomic E-state index is 13.5. The van der Waals surface area contributed by atoms with Crippen molar-refractivity contribution >= 4 is 11.9 Å². The highest BCUT2D eigenvalue weighted by molar-refractivity contribution is 5.89. The molecule has 6 heteroatoms. The van der Waals surface area contributed by atoms with Crippen molar-refractivity contribution in [3.8, 4) is 0 Å². The zero-order valence-electron chi connectivity index (χ0n) is 14.7. The molecule has 1 amide bonds. The van der Waals surface area contributed by atoms with Crippen LogP contribution in [0.5, 0.6) is 0 Å². The third-order valence-electron chi connectivity index (χ3n) is 5.18. The molecule has 1 N–H and O–H groups in total. The topological polar surface area (TPSA) is 76.1 Å². The van der Waals surface area contributed by atoms with Crippen LogP contribution >= 0.6 is 0 Å². The fourth-order valence-electron chi connectivity index (χ4n) is 3.77. The van der Waals surface area contributed by atoms with E-state index in [0.29, 0.717) is 32.6 Å². The molecule has 6 nitrogen and oxygen atoms in total. The molecular formula is C19H25NO5. The van der Waals surface area contributed by atoms with Crippen LogP contribution in [-0.2, 0) is 24.5 Å². The Kier molecular flexibility index (Phi) is 5.11. The zero-order chi connectivity index (χ0) is 18.0. The smallest absolute Gasteiger partial charge is 0.334 e. The average molecular weight is 347 g/mol. The van der Waals surface area contributed by atoms with Gasteiger partial charge >= 0.3 is 5.97 Å². The molecule has 0 aliphatic carbocycles. The van der Waals surface area contributed by atoms with Gasteiger partial charge in [-0.3, -0.25) is 4.79 Å². The highest BCUT2D eigenvalue weighted by Gasteiger charge is 2.46. The fourth-order valence-corrected chi connectivity index (χ4v) is 3.77. The van der Waals surface area contributed by atoms with Gasteiger partial charge in [0.2, 0.25) is 5.91 Å². The number of rotatable bonds is 3. The van der Waals surface area contributed by atoms with Gasteiger partial charge in [-0.2, -0.15) is 0 Å². The molecule has 0 saturated carbocycles. The third-order valence-corrected chi connectivity index (χ3v) is 5.18. The minimum absolute atomic E-state index is 0.0129. The van der Waals surface area contributed by atoms with E-state index in [2.05, 4.69) is 0 Å². The largest absolute Gasteiger partial charge is 0.479 e. The predicted octanol–water partition coefficient (Wildman–Crippen LogP) is 1.74. The predicted molar refractivity (Wildman–Crippen MR) is 91.5 cm³/mol. The van der Waals surface area contributed by atoms with E-state index in [0.717, 1.165) is 11.1 Å². The number of hydrogen-bond donors (Lipinski definition) is 1. The highest BCUT2D eigenvalue weighted by Crippen LogP contribution is 2.37. The number of carbonyl (C=O) groups is 2. The monoisotopic (exact) mass is 347 g/mol. The molecule has 1 aromatic carbocycles. The van der Waals surface area contributed by atoms with Gasteiger partial charge in [0.15, 0.2) is 6.10 Å². The first kappa shape index (κ1) is 17.9. The molecule has 25 heavy (non-hydrogen) atoms. The van der Waals surface area contributed by atoms with Gasteiger partial charge in [-0.15, -0.1) is 0 Å². The lowest BCUT2D eigenvalue weighted by Gasteiger charge is -2.43. The summed E-state index contributed by atoms with van der Waals surface area (Å²) in [6.07, 6.45) is -0.0483. The number of aryl methyl sites for hydroxylation is 1. The number of nitrogens with zero attached hydrogens (tertiary/aromatic N) is 1. The van der Waals surface area contributed by atoms with Gasteiger partial charge in [0.1, 0.15) is 0 Å². The molecule has 0 aromatic heterocycles. The first-order chi connectivity index (χ1) is 11.9. The molecule has 2 aliphatic rings. The van der Waals surface area contributed by atoms with Crippen molar-refractivity contribution in [3.05, 3.63) is 35.4 Å². The number of amides is 1. The van der Waals surface area contributed by atoms with E-state index in [1.54, 1.807) is 11.8 Å². The molecule has 2 aliphatic heterocycles. The Labute approximate surface area is 147 Å². The molecule has 2 heterocycles. The third kappa shape index (κ3) is 3.55. The standard InChI is InChI=1S/C19H25NO5/c1-13-3-5-15(6-4-13)19(7-9-24-10-8-19)18(23)20-11-14(2)25-16(12-20)17(21)22/h3-6,14,16H,7-12H2,1-2H3,(H,21,22)/t14-,16?/m1/s1. The lowest BCUT2D eigenvalue weighted by molar-refractivity contribution is -0.169. The number of ether oxygens (including phenoxy) is 2. The van der Waals surface area contributed by atoms with Crippen LogP contribution in [0.25, 0.3) is 0 Å². The van der Waals surface area contributed by atoms with E-state index in [4.69, 9.17) is 9.47 Å². The molecule has 0 radical (unpaired) electrons. The van der Waals surface area contributed by atoms with Gasteiger partial charge in [-0.05, 0) is 32.3 Å². The van der Waals surface area contributed by atoms with Crippen molar-refractivity contribution in [1.82, 2.24) is 4.90 Å². The van der Waals surface area contributed by atoms with Crippen molar-refractivity contribution in [3.63, 3.8) is 0 Å². The van der Waals surface area contributed by atoms with Crippen LogP contribution < -0.4 is 0 Å². The van der Waals surface area contributed by atoms with Crippen LogP contribution in [0.15, 0.2) is 24.3 Å². The minimum atomic E-state index is -1.03. The maximum absolute atomic E-state index is 13.5. The zero-order valence-corrected chi connectivity index (χ0v) is 14.7. The molecule has 1 aromatic rings. The molecular weight excluding hydrogens is 322 g/mol. The van der Waals surface area contributed by atoms with Crippen LogP contribution in [0.1, 0.15) is 30.9 Å². The molecule has 2 atom stereocenters. The van der Waals surface area contributed by atoms with Crippen molar-refractivity contribution < 1.29 is 24.2 Å². The van der Waals surface area contributed by atoms with Gasteiger partial charge < -0.3 is 19.5 Å². The molecule has 0 bridgehead atoms.